The maximum atomic E-state index is 12.5. The SMILES string of the molecule is Cc1nc(NCC2CCN(C(=O)C(F)(F)F)CC2)c2c(C)csc2n1. The molecule has 1 amide bonds. The maximum Gasteiger partial charge on any atom is 0.471 e. The highest BCUT2D eigenvalue weighted by Crippen LogP contribution is 2.30. The fraction of sp³-hybridized carbons (Fsp3) is 0.562. The van der Waals surface area contributed by atoms with Crippen molar-refractivity contribution >= 4 is 33.3 Å². The van der Waals surface area contributed by atoms with Gasteiger partial charge in [-0.1, -0.05) is 0 Å². The third-order valence-electron chi connectivity index (χ3n) is 4.43. The number of alkyl halides is 3. The van der Waals surface area contributed by atoms with Crippen molar-refractivity contribution in [2.24, 2.45) is 5.92 Å². The largest absolute Gasteiger partial charge is 0.471 e. The number of hydrogen-bond acceptors (Lipinski definition) is 5. The van der Waals surface area contributed by atoms with Crippen molar-refractivity contribution in [3.8, 4) is 0 Å². The highest BCUT2D eigenvalue weighted by atomic mass is 32.1. The van der Waals surface area contributed by atoms with E-state index in [1.54, 1.807) is 11.3 Å². The highest BCUT2D eigenvalue weighted by molar-refractivity contribution is 7.17. The van der Waals surface area contributed by atoms with Gasteiger partial charge >= 0.3 is 12.1 Å². The van der Waals surface area contributed by atoms with E-state index in [2.05, 4.69) is 15.3 Å². The van der Waals surface area contributed by atoms with Crippen LogP contribution in [0.1, 0.15) is 24.2 Å². The molecular weight excluding hydrogens is 353 g/mol. The van der Waals surface area contributed by atoms with E-state index in [-0.39, 0.29) is 19.0 Å². The standard InChI is InChI=1S/C16H19F3N4OS/c1-9-8-25-14-12(9)13(21-10(2)22-14)20-7-11-3-5-23(6-4-11)15(24)16(17,18)19/h8,11H,3-7H2,1-2H3,(H,20,21,22). The van der Waals surface area contributed by atoms with Gasteiger partial charge in [0.25, 0.3) is 0 Å². The molecule has 0 saturated carbocycles. The minimum atomic E-state index is -4.79. The van der Waals surface area contributed by atoms with E-state index >= 15 is 0 Å². The van der Waals surface area contributed by atoms with Gasteiger partial charge in [-0.25, -0.2) is 9.97 Å². The number of carbonyl (C=O) groups is 1. The Balaban J connectivity index is 1.61. The van der Waals surface area contributed by atoms with Crippen molar-refractivity contribution in [3.05, 3.63) is 16.8 Å². The fourth-order valence-corrected chi connectivity index (χ4v) is 4.05. The summed E-state index contributed by atoms with van der Waals surface area (Å²) in [4.78, 5) is 22.0. The van der Waals surface area contributed by atoms with Gasteiger partial charge in [0.05, 0.1) is 5.39 Å². The van der Waals surface area contributed by atoms with E-state index in [1.165, 1.54) is 0 Å². The molecule has 1 saturated heterocycles. The lowest BCUT2D eigenvalue weighted by Gasteiger charge is -2.32. The van der Waals surface area contributed by atoms with Crippen LogP contribution in [0.3, 0.4) is 0 Å². The van der Waals surface area contributed by atoms with Crippen molar-refractivity contribution in [2.75, 3.05) is 25.0 Å². The number of anilines is 1. The highest BCUT2D eigenvalue weighted by Gasteiger charge is 2.43. The summed E-state index contributed by atoms with van der Waals surface area (Å²) in [6.07, 6.45) is -3.69. The number of hydrogen-bond donors (Lipinski definition) is 1. The molecule has 3 rings (SSSR count). The minimum Gasteiger partial charge on any atom is -0.369 e. The van der Waals surface area contributed by atoms with Gasteiger partial charge in [-0.3, -0.25) is 4.79 Å². The van der Waals surface area contributed by atoms with Crippen LogP contribution in [0.15, 0.2) is 5.38 Å². The van der Waals surface area contributed by atoms with E-state index < -0.39 is 12.1 Å². The molecule has 0 aliphatic carbocycles. The summed E-state index contributed by atoms with van der Waals surface area (Å²) in [6, 6.07) is 0. The second kappa shape index (κ2) is 6.78. The van der Waals surface area contributed by atoms with Gasteiger partial charge in [-0.15, -0.1) is 11.3 Å². The number of fused-ring (bicyclic) bond motifs is 1. The summed E-state index contributed by atoms with van der Waals surface area (Å²) in [5.41, 5.74) is 1.10. The molecule has 2 aromatic heterocycles. The average molecular weight is 372 g/mol. The van der Waals surface area contributed by atoms with Crippen molar-refractivity contribution in [1.29, 1.82) is 0 Å². The third-order valence-corrected chi connectivity index (χ3v) is 5.42. The summed E-state index contributed by atoms with van der Waals surface area (Å²) < 4.78 is 37.4. The van der Waals surface area contributed by atoms with Gasteiger partial charge in [0.1, 0.15) is 16.5 Å². The molecule has 9 heteroatoms. The average Bonchev–Trinajstić information content (AvgIpc) is 2.92. The number of halogens is 3. The number of amides is 1. The van der Waals surface area contributed by atoms with Crippen molar-refractivity contribution in [1.82, 2.24) is 14.9 Å². The molecule has 0 aromatic carbocycles. The number of thiophene rings is 1. The fourth-order valence-electron chi connectivity index (χ4n) is 3.08. The lowest BCUT2D eigenvalue weighted by atomic mass is 9.96. The minimum absolute atomic E-state index is 0.139. The van der Waals surface area contributed by atoms with E-state index in [9.17, 15) is 18.0 Å². The number of aryl methyl sites for hydroxylation is 2. The van der Waals surface area contributed by atoms with E-state index in [0.29, 0.717) is 25.2 Å². The van der Waals surface area contributed by atoms with Crippen LogP contribution in [-0.4, -0.2) is 46.6 Å². The molecule has 1 N–H and O–H groups in total. The van der Waals surface area contributed by atoms with E-state index in [4.69, 9.17) is 0 Å². The van der Waals surface area contributed by atoms with E-state index in [1.807, 2.05) is 19.2 Å². The van der Waals surface area contributed by atoms with Gasteiger partial charge in [0, 0.05) is 19.6 Å². The molecule has 1 aliphatic heterocycles. The molecule has 0 radical (unpaired) electrons. The predicted octanol–water partition coefficient (Wildman–Crippen LogP) is 3.52. The van der Waals surface area contributed by atoms with Crippen LogP contribution in [0, 0.1) is 19.8 Å². The number of nitrogens with one attached hydrogen (secondary N) is 1. The van der Waals surface area contributed by atoms with Crippen LogP contribution in [0.5, 0.6) is 0 Å². The predicted molar refractivity (Wildman–Crippen MR) is 90.7 cm³/mol. The lowest BCUT2D eigenvalue weighted by Crippen LogP contribution is -2.46. The lowest BCUT2D eigenvalue weighted by molar-refractivity contribution is -0.186. The number of piperidine rings is 1. The Morgan fingerprint density at radius 2 is 2.00 bits per heavy atom. The topological polar surface area (TPSA) is 58.1 Å². The van der Waals surface area contributed by atoms with Crippen LogP contribution in [0.2, 0.25) is 0 Å². The summed E-state index contributed by atoms with van der Waals surface area (Å²) in [6.45, 7) is 4.74. The Kier molecular flexibility index (Phi) is 4.86. The maximum absolute atomic E-state index is 12.5. The number of nitrogens with zero attached hydrogens (tertiary/aromatic N) is 3. The first-order chi connectivity index (χ1) is 11.8. The number of carbonyl (C=O) groups excluding carboxylic acids is 1. The van der Waals surface area contributed by atoms with Gasteiger partial charge in [0.2, 0.25) is 0 Å². The Morgan fingerprint density at radius 1 is 1.32 bits per heavy atom. The molecule has 25 heavy (non-hydrogen) atoms. The van der Waals surface area contributed by atoms with Crippen molar-refractivity contribution in [3.63, 3.8) is 0 Å². The zero-order valence-electron chi connectivity index (χ0n) is 14.0. The number of aromatic nitrogens is 2. The molecule has 0 bridgehead atoms. The molecule has 5 nitrogen and oxygen atoms in total. The van der Waals surface area contributed by atoms with Crippen molar-refractivity contribution < 1.29 is 18.0 Å². The van der Waals surface area contributed by atoms with Gasteiger partial charge < -0.3 is 10.2 Å². The molecule has 3 heterocycles. The molecular formula is C16H19F3N4OS. The van der Waals surface area contributed by atoms with Crippen LogP contribution in [0.4, 0.5) is 19.0 Å². The van der Waals surface area contributed by atoms with Crippen LogP contribution >= 0.6 is 11.3 Å². The number of rotatable bonds is 3. The van der Waals surface area contributed by atoms with Crippen LogP contribution < -0.4 is 5.32 Å². The second-order valence-corrected chi connectivity index (χ2v) is 7.19. The quantitative estimate of drug-likeness (QED) is 0.896. The van der Waals surface area contributed by atoms with Crippen LogP contribution in [0.25, 0.3) is 10.2 Å². The zero-order chi connectivity index (χ0) is 18.2. The Morgan fingerprint density at radius 3 is 2.64 bits per heavy atom. The first kappa shape index (κ1) is 17.9. The van der Waals surface area contributed by atoms with Gasteiger partial charge in [-0.2, -0.15) is 13.2 Å². The smallest absolute Gasteiger partial charge is 0.369 e. The zero-order valence-corrected chi connectivity index (χ0v) is 14.8. The van der Waals surface area contributed by atoms with Crippen molar-refractivity contribution in [2.45, 2.75) is 32.9 Å². The molecule has 1 aliphatic rings. The van der Waals surface area contributed by atoms with Gasteiger partial charge in [0.15, 0.2) is 0 Å². The summed E-state index contributed by atoms with van der Waals surface area (Å²) in [7, 11) is 0. The molecule has 136 valence electrons. The van der Waals surface area contributed by atoms with Gasteiger partial charge in [-0.05, 0) is 43.6 Å². The third kappa shape index (κ3) is 3.86. The normalized spacial score (nSPS) is 16.4. The summed E-state index contributed by atoms with van der Waals surface area (Å²) in [5.74, 6) is -0.0695. The molecule has 0 unspecified atom stereocenters. The van der Waals surface area contributed by atoms with Crippen LogP contribution in [-0.2, 0) is 4.79 Å². The molecule has 0 spiro atoms. The molecule has 1 fully saturated rings. The molecule has 2 aromatic rings. The Labute approximate surface area is 147 Å². The Hall–Kier alpha value is -1.90. The second-order valence-electron chi connectivity index (χ2n) is 6.33. The summed E-state index contributed by atoms with van der Waals surface area (Å²) >= 11 is 1.57. The monoisotopic (exact) mass is 372 g/mol. The van der Waals surface area contributed by atoms with E-state index in [0.717, 1.165) is 26.5 Å². The summed E-state index contributed by atoms with van der Waals surface area (Å²) in [5, 5.41) is 6.36. The number of likely N-dealkylation sites (tertiary alicyclic amines) is 1. The first-order valence-corrected chi connectivity index (χ1v) is 8.96. The Bertz CT molecular complexity index is 782. The first-order valence-electron chi connectivity index (χ1n) is 8.08. The molecule has 0 atom stereocenters.